The van der Waals surface area contributed by atoms with Gasteiger partial charge in [0.1, 0.15) is 0 Å². The summed E-state index contributed by atoms with van der Waals surface area (Å²) in [6.07, 6.45) is 9.19. The Balaban J connectivity index is 0.00000288. The van der Waals surface area contributed by atoms with E-state index in [1.165, 1.54) is 11.1 Å². The normalized spacial score (nSPS) is 9.64. The van der Waals surface area contributed by atoms with E-state index in [1.807, 2.05) is 24.3 Å². The molecule has 1 heterocycles. The highest BCUT2D eigenvalue weighted by Crippen LogP contribution is 2.14. The fraction of sp³-hybridized carbons (Fsp3) is 0.368. The van der Waals surface area contributed by atoms with Crippen molar-refractivity contribution < 1.29 is 4.79 Å². The first kappa shape index (κ1) is 23.4. The largest absolute Gasteiger partial charge is 0.330 e. The molecule has 1 aromatic carbocycles. The van der Waals surface area contributed by atoms with E-state index in [9.17, 15) is 4.79 Å². The molecule has 6 heteroatoms. The molecule has 25 heavy (non-hydrogen) atoms. The molecule has 2 aromatic rings. The van der Waals surface area contributed by atoms with Gasteiger partial charge in [-0.05, 0) is 61.2 Å². The Labute approximate surface area is 162 Å². The number of benzene rings is 1. The number of aromatic nitrogens is 1. The Morgan fingerprint density at radius 3 is 2.12 bits per heavy atom. The summed E-state index contributed by atoms with van der Waals surface area (Å²) in [6, 6.07) is 12.1. The molecule has 0 aliphatic rings. The number of carbonyl (C=O) groups is 1. The Bertz CT molecular complexity index is 591. The second-order valence-corrected chi connectivity index (χ2v) is 5.73. The van der Waals surface area contributed by atoms with Crippen molar-refractivity contribution in [2.24, 2.45) is 5.73 Å². The summed E-state index contributed by atoms with van der Waals surface area (Å²) in [4.78, 5) is 15.9. The van der Waals surface area contributed by atoms with Crippen molar-refractivity contribution >= 4 is 36.4 Å². The first-order valence-electron chi connectivity index (χ1n) is 8.25. The Morgan fingerprint density at radius 1 is 0.880 bits per heavy atom. The number of carbonyl (C=O) groups excluding carboxylic acids is 1. The van der Waals surface area contributed by atoms with E-state index in [0.717, 1.165) is 44.3 Å². The van der Waals surface area contributed by atoms with Crippen molar-refractivity contribution in [2.45, 2.75) is 38.5 Å². The van der Waals surface area contributed by atoms with Crippen LogP contribution < -0.4 is 11.1 Å². The minimum Gasteiger partial charge on any atom is -0.330 e. The number of unbranched alkanes of at least 4 members (excludes halogenated alkanes) is 3. The van der Waals surface area contributed by atoms with Crippen LogP contribution in [0, 0.1) is 0 Å². The van der Waals surface area contributed by atoms with Crippen molar-refractivity contribution in [3.63, 3.8) is 0 Å². The van der Waals surface area contributed by atoms with Crippen molar-refractivity contribution in [1.82, 2.24) is 4.98 Å². The van der Waals surface area contributed by atoms with Gasteiger partial charge in [-0.25, -0.2) is 0 Å². The fourth-order valence-corrected chi connectivity index (χ4v) is 2.45. The van der Waals surface area contributed by atoms with Gasteiger partial charge in [-0.1, -0.05) is 25.0 Å². The van der Waals surface area contributed by atoms with Gasteiger partial charge in [0.2, 0.25) is 5.91 Å². The van der Waals surface area contributed by atoms with Crippen LogP contribution in [0.3, 0.4) is 0 Å². The molecule has 2 rings (SSSR count). The predicted molar refractivity (Wildman–Crippen MR) is 109 cm³/mol. The highest BCUT2D eigenvalue weighted by Gasteiger charge is 2.03. The lowest BCUT2D eigenvalue weighted by Crippen LogP contribution is -2.11. The van der Waals surface area contributed by atoms with Crippen LogP contribution >= 0.6 is 24.8 Å². The van der Waals surface area contributed by atoms with Gasteiger partial charge < -0.3 is 11.1 Å². The highest BCUT2D eigenvalue weighted by molar-refractivity contribution is 5.90. The van der Waals surface area contributed by atoms with Crippen LogP contribution in [0.1, 0.15) is 43.2 Å². The number of nitrogens with one attached hydrogen (secondary N) is 1. The molecule has 1 aromatic heterocycles. The summed E-state index contributed by atoms with van der Waals surface area (Å²) in [5.41, 5.74) is 8.76. The van der Waals surface area contributed by atoms with E-state index < -0.39 is 0 Å². The maximum Gasteiger partial charge on any atom is 0.224 e. The number of anilines is 1. The number of pyridine rings is 1. The predicted octanol–water partition coefficient (Wildman–Crippen LogP) is 4.36. The van der Waals surface area contributed by atoms with Crippen LogP contribution in [0.4, 0.5) is 5.69 Å². The van der Waals surface area contributed by atoms with Crippen molar-refractivity contribution in [3.8, 4) is 0 Å². The van der Waals surface area contributed by atoms with Crippen LogP contribution in [-0.2, 0) is 11.2 Å². The molecule has 4 nitrogen and oxygen atoms in total. The second-order valence-electron chi connectivity index (χ2n) is 5.73. The smallest absolute Gasteiger partial charge is 0.224 e. The van der Waals surface area contributed by atoms with Gasteiger partial charge in [-0.2, -0.15) is 0 Å². The van der Waals surface area contributed by atoms with Gasteiger partial charge in [0, 0.05) is 24.5 Å². The van der Waals surface area contributed by atoms with Gasteiger partial charge in [0.05, 0.1) is 0 Å². The van der Waals surface area contributed by atoms with Crippen LogP contribution in [0.5, 0.6) is 0 Å². The van der Waals surface area contributed by atoms with Crippen LogP contribution in [0.25, 0.3) is 0 Å². The molecule has 0 atom stereocenters. The number of nitrogens with two attached hydrogens (primary N) is 1. The number of nitrogens with zero attached hydrogens (tertiary/aromatic N) is 1. The standard InChI is InChI=1S/C19H25N3O.2ClH/c20-12-4-2-1-3-5-19(23)22-18-8-6-16(7-9-18)15-17-10-13-21-14-11-17;;/h6-11,13-14H,1-5,12,15,20H2,(H,22,23);2*1H. The molecule has 0 radical (unpaired) electrons. The third kappa shape index (κ3) is 9.44. The summed E-state index contributed by atoms with van der Waals surface area (Å²) in [5.74, 6) is 0.0830. The third-order valence-electron chi connectivity index (χ3n) is 3.75. The van der Waals surface area contributed by atoms with Gasteiger partial charge in [-0.15, -0.1) is 24.8 Å². The van der Waals surface area contributed by atoms with Crippen molar-refractivity contribution in [2.75, 3.05) is 11.9 Å². The SMILES string of the molecule is Cl.Cl.NCCCCCCC(=O)Nc1ccc(Cc2ccncc2)cc1. The summed E-state index contributed by atoms with van der Waals surface area (Å²) < 4.78 is 0. The maximum absolute atomic E-state index is 11.9. The number of amides is 1. The molecule has 0 aliphatic heterocycles. The monoisotopic (exact) mass is 383 g/mol. The molecule has 0 bridgehead atoms. The average molecular weight is 384 g/mol. The molecule has 1 amide bonds. The van der Waals surface area contributed by atoms with Gasteiger partial charge in [0.25, 0.3) is 0 Å². The van der Waals surface area contributed by atoms with Gasteiger partial charge in [0.15, 0.2) is 0 Å². The topological polar surface area (TPSA) is 68.0 Å². The molecular weight excluding hydrogens is 357 g/mol. The lowest BCUT2D eigenvalue weighted by Gasteiger charge is -2.07. The van der Waals surface area contributed by atoms with E-state index in [2.05, 4.69) is 22.4 Å². The quantitative estimate of drug-likeness (QED) is 0.631. The summed E-state index contributed by atoms with van der Waals surface area (Å²) in [6.45, 7) is 0.734. The Morgan fingerprint density at radius 2 is 1.48 bits per heavy atom. The van der Waals surface area contributed by atoms with E-state index in [0.29, 0.717) is 6.42 Å². The minimum atomic E-state index is 0. The summed E-state index contributed by atoms with van der Waals surface area (Å²) in [7, 11) is 0. The Kier molecular flexibility index (Phi) is 12.8. The fourth-order valence-electron chi connectivity index (χ4n) is 2.45. The van der Waals surface area contributed by atoms with E-state index in [-0.39, 0.29) is 30.7 Å². The zero-order valence-corrected chi connectivity index (χ0v) is 16.0. The first-order valence-corrected chi connectivity index (χ1v) is 8.25. The summed E-state index contributed by atoms with van der Waals surface area (Å²) in [5, 5.41) is 2.95. The van der Waals surface area contributed by atoms with E-state index >= 15 is 0 Å². The molecule has 0 spiro atoms. The lowest BCUT2D eigenvalue weighted by atomic mass is 10.1. The van der Waals surface area contributed by atoms with Crippen molar-refractivity contribution in [3.05, 3.63) is 59.9 Å². The van der Waals surface area contributed by atoms with E-state index in [1.54, 1.807) is 12.4 Å². The number of rotatable bonds is 9. The van der Waals surface area contributed by atoms with Gasteiger partial charge >= 0.3 is 0 Å². The van der Waals surface area contributed by atoms with Crippen molar-refractivity contribution in [1.29, 1.82) is 0 Å². The molecule has 3 N–H and O–H groups in total. The van der Waals surface area contributed by atoms with Gasteiger partial charge in [-0.3, -0.25) is 9.78 Å². The van der Waals surface area contributed by atoms with Crippen LogP contribution in [0.15, 0.2) is 48.8 Å². The zero-order chi connectivity index (χ0) is 16.3. The zero-order valence-electron chi connectivity index (χ0n) is 14.3. The molecule has 0 aliphatic carbocycles. The minimum absolute atomic E-state index is 0. The van der Waals surface area contributed by atoms with Crippen LogP contribution in [-0.4, -0.2) is 17.4 Å². The maximum atomic E-state index is 11.9. The summed E-state index contributed by atoms with van der Waals surface area (Å²) >= 11 is 0. The molecule has 0 saturated carbocycles. The Hall–Kier alpha value is -1.62. The number of hydrogen-bond donors (Lipinski definition) is 2. The number of halogens is 2. The molecule has 138 valence electrons. The lowest BCUT2D eigenvalue weighted by molar-refractivity contribution is -0.116. The average Bonchev–Trinajstić information content (AvgIpc) is 2.57. The third-order valence-corrected chi connectivity index (χ3v) is 3.75. The molecule has 0 fully saturated rings. The van der Waals surface area contributed by atoms with Crippen LogP contribution in [0.2, 0.25) is 0 Å². The molecule has 0 saturated heterocycles. The second kappa shape index (κ2) is 13.6. The first-order chi connectivity index (χ1) is 11.3. The highest BCUT2D eigenvalue weighted by atomic mass is 35.5. The van der Waals surface area contributed by atoms with E-state index in [4.69, 9.17) is 5.73 Å². The molecule has 0 unspecified atom stereocenters. The molecular formula is C19H27Cl2N3O. The number of hydrogen-bond acceptors (Lipinski definition) is 3.